The van der Waals surface area contributed by atoms with Crippen LogP contribution >= 0.6 is 0 Å². The van der Waals surface area contributed by atoms with Crippen molar-refractivity contribution in [3.63, 3.8) is 0 Å². The highest BCUT2D eigenvalue weighted by atomic mass is 16.5. The fraction of sp³-hybridized carbons (Fsp3) is 0.688. The van der Waals surface area contributed by atoms with Crippen LogP contribution in [0.15, 0.2) is 6.20 Å². The Balaban J connectivity index is 1.74. The molecule has 20 heavy (non-hydrogen) atoms. The van der Waals surface area contributed by atoms with Gasteiger partial charge in [0.1, 0.15) is 5.75 Å². The van der Waals surface area contributed by atoms with Gasteiger partial charge in [0.25, 0.3) is 0 Å². The first-order valence-electron chi connectivity index (χ1n) is 7.42. The van der Waals surface area contributed by atoms with Gasteiger partial charge in [0.15, 0.2) is 0 Å². The third kappa shape index (κ3) is 2.31. The number of fused-ring (bicyclic) bond motifs is 2. The minimum Gasteiger partial charge on any atom is -0.496 e. The molecule has 110 valence electrons. The van der Waals surface area contributed by atoms with E-state index in [0.29, 0.717) is 12.5 Å². The van der Waals surface area contributed by atoms with Crippen molar-refractivity contribution >= 4 is 0 Å². The smallest absolute Gasteiger partial charge is 0.128 e. The number of ether oxygens (including phenoxy) is 2. The van der Waals surface area contributed by atoms with Crippen LogP contribution in [-0.2, 0) is 11.2 Å². The number of rotatable bonds is 4. The molecule has 1 aromatic heterocycles. The van der Waals surface area contributed by atoms with E-state index < -0.39 is 0 Å². The summed E-state index contributed by atoms with van der Waals surface area (Å²) in [7, 11) is 1.68. The topological polar surface area (TPSA) is 51.6 Å². The van der Waals surface area contributed by atoms with E-state index in [9.17, 15) is 5.11 Å². The molecule has 3 heterocycles. The first kappa shape index (κ1) is 13.8. The van der Waals surface area contributed by atoms with Gasteiger partial charge in [-0.1, -0.05) is 0 Å². The van der Waals surface area contributed by atoms with Crippen LogP contribution in [0.2, 0.25) is 0 Å². The molecule has 4 heteroatoms. The lowest BCUT2D eigenvalue weighted by Crippen LogP contribution is -2.31. The summed E-state index contributed by atoms with van der Waals surface area (Å²) >= 11 is 0. The molecule has 4 unspecified atom stereocenters. The lowest BCUT2D eigenvalue weighted by Gasteiger charge is -2.24. The molecular formula is C16H23NO3. The van der Waals surface area contributed by atoms with Gasteiger partial charge >= 0.3 is 0 Å². The van der Waals surface area contributed by atoms with Crippen LogP contribution in [0.5, 0.6) is 5.75 Å². The Morgan fingerprint density at radius 3 is 2.85 bits per heavy atom. The van der Waals surface area contributed by atoms with Crippen molar-refractivity contribution in [3.05, 3.63) is 23.0 Å². The minimum atomic E-state index is -0.371. The van der Waals surface area contributed by atoms with E-state index in [1.807, 2.05) is 20.0 Å². The van der Waals surface area contributed by atoms with Crippen LogP contribution in [-0.4, -0.2) is 35.5 Å². The standard InChI is InChI=1S/C16H23NO3/c1-9-8-17-13(10(2)16(9)19-3)7-14(18)12-6-11-4-5-15(12)20-11/h8,11-12,14-15,18H,4-7H2,1-3H3. The zero-order valence-electron chi connectivity index (χ0n) is 12.4. The van der Waals surface area contributed by atoms with Gasteiger partial charge in [-0.2, -0.15) is 0 Å². The van der Waals surface area contributed by atoms with Crippen LogP contribution in [0.25, 0.3) is 0 Å². The Labute approximate surface area is 120 Å². The molecule has 4 nitrogen and oxygen atoms in total. The van der Waals surface area contributed by atoms with Crippen LogP contribution < -0.4 is 4.74 Å². The molecule has 2 aliphatic rings. The number of hydrogen-bond acceptors (Lipinski definition) is 4. The lowest BCUT2D eigenvalue weighted by atomic mass is 9.83. The van der Waals surface area contributed by atoms with Crippen LogP contribution in [0.4, 0.5) is 0 Å². The summed E-state index contributed by atoms with van der Waals surface area (Å²) in [6, 6.07) is 0. The fourth-order valence-electron chi connectivity index (χ4n) is 3.71. The van der Waals surface area contributed by atoms with E-state index in [0.717, 1.165) is 41.8 Å². The van der Waals surface area contributed by atoms with Crippen LogP contribution in [0, 0.1) is 19.8 Å². The average molecular weight is 277 g/mol. The molecule has 2 fully saturated rings. The third-order valence-electron chi connectivity index (χ3n) is 4.80. The van der Waals surface area contributed by atoms with E-state index in [4.69, 9.17) is 9.47 Å². The molecule has 1 aromatic rings. The van der Waals surface area contributed by atoms with Crippen molar-refractivity contribution in [1.82, 2.24) is 4.98 Å². The zero-order valence-corrected chi connectivity index (χ0v) is 12.4. The maximum absolute atomic E-state index is 10.5. The molecule has 2 saturated heterocycles. The summed E-state index contributed by atoms with van der Waals surface area (Å²) in [6.07, 6.45) is 5.91. The van der Waals surface area contributed by atoms with Gasteiger partial charge in [-0.3, -0.25) is 4.98 Å². The summed E-state index contributed by atoms with van der Waals surface area (Å²) in [5, 5.41) is 10.5. The molecule has 2 aliphatic heterocycles. The van der Waals surface area contributed by atoms with E-state index in [1.54, 1.807) is 7.11 Å². The highest BCUT2D eigenvalue weighted by Crippen LogP contribution is 2.41. The molecule has 0 aliphatic carbocycles. The van der Waals surface area contributed by atoms with Gasteiger partial charge in [-0.05, 0) is 33.1 Å². The zero-order chi connectivity index (χ0) is 14.3. The quantitative estimate of drug-likeness (QED) is 0.916. The van der Waals surface area contributed by atoms with Gasteiger partial charge in [0, 0.05) is 35.4 Å². The maximum Gasteiger partial charge on any atom is 0.128 e. The molecule has 2 bridgehead atoms. The molecule has 3 rings (SSSR count). The van der Waals surface area contributed by atoms with E-state index in [1.165, 1.54) is 0 Å². The number of pyridine rings is 1. The van der Waals surface area contributed by atoms with Gasteiger partial charge in [-0.25, -0.2) is 0 Å². The van der Waals surface area contributed by atoms with Crippen molar-refractivity contribution < 1.29 is 14.6 Å². The number of aliphatic hydroxyl groups is 1. The summed E-state index contributed by atoms with van der Waals surface area (Å²) in [5.41, 5.74) is 3.00. The third-order valence-corrected chi connectivity index (χ3v) is 4.80. The summed E-state index contributed by atoms with van der Waals surface area (Å²) in [6.45, 7) is 4.00. The number of aliphatic hydroxyl groups excluding tert-OH is 1. The number of aromatic nitrogens is 1. The van der Waals surface area contributed by atoms with Crippen molar-refractivity contribution in [2.75, 3.05) is 7.11 Å². The van der Waals surface area contributed by atoms with Crippen molar-refractivity contribution in [1.29, 1.82) is 0 Å². The molecule has 0 saturated carbocycles. The van der Waals surface area contributed by atoms with Crippen LogP contribution in [0.1, 0.15) is 36.1 Å². The second kappa shape index (κ2) is 5.34. The molecule has 4 atom stereocenters. The first-order chi connectivity index (χ1) is 9.60. The molecule has 0 radical (unpaired) electrons. The summed E-state index contributed by atoms with van der Waals surface area (Å²) < 4.78 is 11.3. The highest BCUT2D eigenvalue weighted by Gasteiger charge is 2.44. The molecule has 0 aromatic carbocycles. The predicted molar refractivity (Wildman–Crippen MR) is 76.0 cm³/mol. The van der Waals surface area contributed by atoms with Crippen molar-refractivity contribution in [2.24, 2.45) is 5.92 Å². The predicted octanol–water partition coefficient (Wildman–Crippen LogP) is 2.18. The number of methoxy groups -OCH3 is 1. The van der Waals surface area contributed by atoms with E-state index >= 15 is 0 Å². The molecule has 0 spiro atoms. The highest BCUT2D eigenvalue weighted by molar-refractivity contribution is 5.41. The lowest BCUT2D eigenvalue weighted by molar-refractivity contribution is 0.0426. The first-order valence-corrected chi connectivity index (χ1v) is 7.42. The Morgan fingerprint density at radius 1 is 1.45 bits per heavy atom. The largest absolute Gasteiger partial charge is 0.496 e. The van der Waals surface area contributed by atoms with E-state index in [-0.39, 0.29) is 18.1 Å². The second-order valence-electron chi connectivity index (χ2n) is 6.09. The fourth-order valence-corrected chi connectivity index (χ4v) is 3.71. The molecule has 0 amide bonds. The Bertz CT molecular complexity index is 503. The number of nitrogens with zero attached hydrogens (tertiary/aromatic N) is 1. The summed E-state index contributed by atoms with van der Waals surface area (Å²) in [5.74, 6) is 1.15. The Morgan fingerprint density at radius 2 is 2.25 bits per heavy atom. The van der Waals surface area contributed by atoms with Crippen molar-refractivity contribution in [2.45, 2.75) is 57.8 Å². The van der Waals surface area contributed by atoms with Gasteiger partial charge in [0.05, 0.1) is 25.4 Å². The van der Waals surface area contributed by atoms with Gasteiger partial charge in [-0.15, -0.1) is 0 Å². The number of hydrogen-bond donors (Lipinski definition) is 1. The second-order valence-corrected chi connectivity index (χ2v) is 6.09. The maximum atomic E-state index is 10.5. The normalized spacial score (nSPS) is 29.7. The van der Waals surface area contributed by atoms with E-state index in [2.05, 4.69) is 4.98 Å². The molecule has 1 N–H and O–H groups in total. The van der Waals surface area contributed by atoms with Gasteiger partial charge < -0.3 is 14.6 Å². The Kier molecular flexibility index (Phi) is 3.69. The van der Waals surface area contributed by atoms with Crippen molar-refractivity contribution in [3.8, 4) is 5.75 Å². The average Bonchev–Trinajstić information content (AvgIpc) is 3.05. The van der Waals surface area contributed by atoms with Gasteiger partial charge in [0.2, 0.25) is 0 Å². The Hall–Kier alpha value is -1.13. The number of aryl methyl sites for hydroxylation is 1. The monoisotopic (exact) mass is 277 g/mol. The SMILES string of the molecule is COc1c(C)cnc(CC(O)C2CC3CCC2O3)c1C. The summed E-state index contributed by atoms with van der Waals surface area (Å²) in [4.78, 5) is 4.48. The minimum absolute atomic E-state index is 0.252. The van der Waals surface area contributed by atoms with Crippen LogP contribution in [0.3, 0.4) is 0 Å². The molecular weight excluding hydrogens is 254 g/mol.